The van der Waals surface area contributed by atoms with Crippen LogP contribution >= 0.6 is 0 Å². The van der Waals surface area contributed by atoms with Crippen LogP contribution in [0.2, 0.25) is 0 Å². The van der Waals surface area contributed by atoms with Crippen molar-refractivity contribution >= 4 is 17.4 Å². The summed E-state index contributed by atoms with van der Waals surface area (Å²) in [4.78, 5) is 22.1. The largest absolute Gasteiger partial charge is 0.388 e. The maximum absolute atomic E-state index is 13.7. The highest BCUT2D eigenvalue weighted by Gasteiger charge is 2.49. The summed E-state index contributed by atoms with van der Waals surface area (Å²) in [5.74, 6) is -2.31. The quantitative estimate of drug-likeness (QED) is 0.398. The van der Waals surface area contributed by atoms with Crippen molar-refractivity contribution in [3.8, 4) is 22.6 Å². The summed E-state index contributed by atoms with van der Waals surface area (Å²) in [7, 11) is 1.71. The SMILES string of the molecule is CNc1cc(-c2cnc3n([C@H]4COC[C@@H]4O)cccc2-3)nc2c(C(=O)N[C@@H]3CCC3(F)F)cnn12. The van der Waals surface area contributed by atoms with Gasteiger partial charge in [-0.2, -0.15) is 9.61 Å². The molecule has 10 nitrogen and oxygen atoms in total. The maximum atomic E-state index is 13.7. The first kappa shape index (κ1) is 21.9. The van der Waals surface area contributed by atoms with Crippen LogP contribution in [-0.2, 0) is 4.74 Å². The number of alkyl halides is 2. The number of halogens is 2. The number of nitrogens with one attached hydrogen (secondary N) is 2. The topological polar surface area (TPSA) is 119 Å². The molecule has 0 radical (unpaired) electrons. The number of aliphatic hydroxyl groups is 1. The minimum atomic E-state index is -2.90. The number of hydrogen-bond donors (Lipinski definition) is 3. The van der Waals surface area contributed by atoms with Gasteiger partial charge in [0.05, 0.1) is 37.2 Å². The Balaban J connectivity index is 1.40. The highest BCUT2D eigenvalue weighted by atomic mass is 19.3. The smallest absolute Gasteiger partial charge is 0.267 e. The van der Waals surface area contributed by atoms with E-state index in [-0.39, 0.29) is 36.7 Å². The van der Waals surface area contributed by atoms with Gasteiger partial charge in [0.25, 0.3) is 11.8 Å². The lowest BCUT2D eigenvalue weighted by Crippen LogP contribution is -2.55. The zero-order chi connectivity index (χ0) is 24.3. The van der Waals surface area contributed by atoms with E-state index in [0.29, 0.717) is 23.9 Å². The third-order valence-electron chi connectivity index (χ3n) is 6.81. The Hall–Kier alpha value is -3.64. The summed E-state index contributed by atoms with van der Waals surface area (Å²) in [6, 6.07) is 4.12. The molecule has 2 fully saturated rings. The number of pyridine rings is 1. The number of nitrogens with zero attached hydrogens (tertiary/aromatic N) is 5. The van der Waals surface area contributed by atoms with Crippen LogP contribution < -0.4 is 10.6 Å². The minimum Gasteiger partial charge on any atom is -0.388 e. The monoisotopic (exact) mass is 483 g/mol. The third kappa shape index (κ3) is 3.43. The lowest BCUT2D eigenvalue weighted by molar-refractivity contribution is -0.102. The van der Waals surface area contributed by atoms with Crippen molar-refractivity contribution in [3.05, 3.63) is 42.4 Å². The lowest BCUT2D eigenvalue weighted by atomic mass is 9.88. The van der Waals surface area contributed by atoms with Gasteiger partial charge < -0.3 is 25.0 Å². The van der Waals surface area contributed by atoms with E-state index < -0.39 is 24.0 Å². The number of aromatic nitrogens is 5. The normalized spacial score (nSPS) is 23.5. The van der Waals surface area contributed by atoms with E-state index >= 15 is 0 Å². The van der Waals surface area contributed by atoms with Gasteiger partial charge in [-0.25, -0.2) is 18.7 Å². The molecule has 3 aliphatic heterocycles. The molecule has 12 heteroatoms. The van der Waals surface area contributed by atoms with Crippen molar-refractivity contribution in [2.24, 2.45) is 0 Å². The van der Waals surface area contributed by atoms with Crippen LogP contribution in [0.25, 0.3) is 28.3 Å². The van der Waals surface area contributed by atoms with E-state index in [9.17, 15) is 18.7 Å². The number of hydrogen-bond acceptors (Lipinski definition) is 7. The van der Waals surface area contributed by atoms with Crippen molar-refractivity contribution in [1.82, 2.24) is 29.5 Å². The molecule has 0 aromatic carbocycles. The van der Waals surface area contributed by atoms with Crippen LogP contribution in [0, 0.1) is 0 Å². The zero-order valence-corrected chi connectivity index (χ0v) is 18.8. The molecule has 182 valence electrons. The van der Waals surface area contributed by atoms with Crippen LogP contribution in [0.5, 0.6) is 0 Å². The van der Waals surface area contributed by atoms with Crippen molar-refractivity contribution in [2.75, 3.05) is 25.6 Å². The molecule has 1 saturated heterocycles. The molecule has 5 heterocycles. The fraction of sp³-hybridized carbons (Fsp3) is 0.391. The van der Waals surface area contributed by atoms with Gasteiger partial charge in [0.2, 0.25) is 0 Å². The molecule has 4 aliphatic rings. The van der Waals surface area contributed by atoms with Crippen LogP contribution in [0.4, 0.5) is 14.6 Å². The van der Waals surface area contributed by atoms with E-state index in [4.69, 9.17) is 4.74 Å². The number of anilines is 1. The van der Waals surface area contributed by atoms with Crippen molar-refractivity contribution in [3.63, 3.8) is 0 Å². The fourth-order valence-electron chi connectivity index (χ4n) is 4.69. The Morgan fingerprint density at radius 1 is 1.29 bits per heavy atom. The second kappa shape index (κ2) is 7.95. The lowest BCUT2D eigenvalue weighted by Gasteiger charge is -2.36. The second-order valence-electron chi connectivity index (χ2n) is 8.89. The van der Waals surface area contributed by atoms with Gasteiger partial charge in [-0.05, 0) is 18.6 Å². The van der Waals surface area contributed by atoms with Crippen LogP contribution in [0.3, 0.4) is 0 Å². The molecule has 2 aromatic rings. The van der Waals surface area contributed by atoms with Crippen molar-refractivity contribution in [1.29, 1.82) is 0 Å². The van der Waals surface area contributed by atoms with Gasteiger partial charge in [-0.1, -0.05) is 0 Å². The highest BCUT2D eigenvalue weighted by molar-refractivity contribution is 6.00. The Bertz CT molecular complexity index is 1400. The molecular weight excluding hydrogens is 460 g/mol. The van der Waals surface area contributed by atoms with E-state index in [0.717, 1.165) is 11.1 Å². The Morgan fingerprint density at radius 2 is 2.14 bits per heavy atom. The van der Waals surface area contributed by atoms with E-state index in [2.05, 4.69) is 25.7 Å². The first-order valence-electron chi connectivity index (χ1n) is 11.3. The number of carbonyl (C=O) groups is 1. The third-order valence-corrected chi connectivity index (χ3v) is 6.81. The van der Waals surface area contributed by atoms with Crippen LogP contribution in [0.15, 0.2) is 36.8 Å². The molecule has 1 aliphatic carbocycles. The first-order valence-corrected chi connectivity index (χ1v) is 11.3. The fourth-order valence-corrected chi connectivity index (χ4v) is 4.69. The number of ether oxygens (including phenoxy) is 1. The standard InChI is InChI=1S/C23H23F2N7O3/c1-26-19-7-15(13-8-27-20-12(13)3-2-6-31(20)16-10-35-11-17(16)33)29-21-14(9-28-32(19)21)22(34)30-18-4-5-23(18,24)25/h2-3,6-9,16-18,26,33H,4-5,10-11H2,1H3,(H,30,34)/t16-,17-,18+/m0/s1. The number of carbonyl (C=O) groups excluding carboxylic acids is 1. The van der Waals surface area contributed by atoms with E-state index in [1.807, 2.05) is 22.9 Å². The van der Waals surface area contributed by atoms with Crippen LogP contribution in [0.1, 0.15) is 29.2 Å². The molecule has 0 spiro atoms. The van der Waals surface area contributed by atoms with Gasteiger partial charge in [0.1, 0.15) is 23.3 Å². The van der Waals surface area contributed by atoms with Crippen molar-refractivity contribution in [2.45, 2.75) is 37.0 Å². The number of aliphatic hydroxyl groups excluding tert-OH is 1. The summed E-state index contributed by atoms with van der Waals surface area (Å²) in [5, 5.41) is 20.0. The average molecular weight is 483 g/mol. The summed E-state index contributed by atoms with van der Waals surface area (Å²) in [6.07, 6.45) is 4.23. The summed E-state index contributed by atoms with van der Waals surface area (Å²) in [6.45, 7) is 0.653. The van der Waals surface area contributed by atoms with Gasteiger partial charge >= 0.3 is 0 Å². The highest BCUT2D eigenvalue weighted by Crippen LogP contribution is 2.38. The van der Waals surface area contributed by atoms with Gasteiger partial charge in [0, 0.05) is 43.1 Å². The summed E-state index contributed by atoms with van der Waals surface area (Å²) >= 11 is 0. The Labute approximate surface area is 198 Å². The maximum Gasteiger partial charge on any atom is 0.267 e. The van der Waals surface area contributed by atoms with Gasteiger partial charge in [-0.15, -0.1) is 0 Å². The molecule has 3 N–H and O–H groups in total. The first-order chi connectivity index (χ1) is 16.9. The molecule has 0 unspecified atom stereocenters. The molecule has 3 atom stereocenters. The van der Waals surface area contributed by atoms with Gasteiger partial charge in [0.15, 0.2) is 5.65 Å². The second-order valence-corrected chi connectivity index (χ2v) is 8.89. The molecule has 1 amide bonds. The average Bonchev–Trinajstić information content (AvgIpc) is 3.58. The van der Waals surface area contributed by atoms with Gasteiger partial charge in [-0.3, -0.25) is 4.79 Å². The number of amides is 1. The van der Waals surface area contributed by atoms with Crippen molar-refractivity contribution < 1.29 is 23.4 Å². The predicted octanol–water partition coefficient (Wildman–Crippen LogP) is 2.20. The number of fused-ring (bicyclic) bond motifs is 2. The van der Waals surface area contributed by atoms with E-state index in [1.54, 1.807) is 19.3 Å². The number of rotatable bonds is 5. The molecule has 6 rings (SSSR count). The molecule has 35 heavy (non-hydrogen) atoms. The summed E-state index contributed by atoms with van der Waals surface area (Å²) in [5.41, 5.74) is 2.42. The minimum absolute atomic E-state index is 0.108. The molecule has 1 saturated carbocycles. The predicted molar refractivity (Wildman–Crippen MR) is 122 cm³/mol. The molecule has 0 bridgehead atoms. The van der Waals surface area contributed by atoms with E-state index in [1.165, 1.54) is 10.7 Å². The van der Waals surface area contributed by atoms with Crippen LogP contribution in [-0.4, -0.2) is 73.5 Å². The summed E-state index contributed by atoms with van der Waals surface area (Å²) < 4.78 is 36.2. The zero-order valence-electron chi connectivity index (χ0n) is 18.8. The molecular formula is C23H23F2N7O3. The molecule has 2 aromatic heterocycles. The Morgan fingerprint density at radius 3 is 2.83 bits per heavy atom. The Kier molecular flexibility index (Phi) is 4.97.